The molecule has 0 bridgehead atoms. The molecular weight excluding hydrogens is 238 g/mol. The fourth-order valence-corrected chi connectivity index (χ4v) is 2.58. The van der Waals surface area contributed by atoms with Gasteiger partial charge in [0.05, 0.1) is 0 Å². The summed E-state index contributed by atoms with van der Waals surface area (Å²) in [7, 11) is 0. The highest BCUT2D eigenvalue weighted by atomic mass is 16.5. The smallest absolute Gasteiger partial charge is 0.227 e. The van der Waals surface area contributed by atoms with E-state index < -0.39 is 0 Å². The molecule has 0 aliphatic carbocycles. The van der Waals surface area contributed by atoms with E-state index in [0.717, 1.165) is 31.0 Å². The van der Waals surface area contributed by atoms with E-state index in [9.17, 15) is 0 Å². The zero-order chi connectivity index (χ0) is 12.9. The molecule has 1 aliphatic heterocycles. The van der Waals surface area contributed by atoms with Gasteiger partial charge in [0.15, 0.2) is 0 Å². The molecule has 100 valence electrons. The molecule has 0 saturated carbocycles. The molecule has 2 aromatic rings. The topological polar surface area (TPSA) is 51.0 Å². The monoisotopic (exact) mass is 257 g/mol. The summed E-state index contributed by atoms with van der Waals surface area (Å²) in [6.45, 7) is 2.24. The molecule has 1 aliphatic rings. The largest absolute Gasteiger partial charge is 0.339 e. The van der Waals surface area contributed by atoms with Gasteiger partial charge in [0.2, 0.25) is 11.7 Å². The Bertz CT molecular complexity index is 501. The molecule has 1 aromatic heterocycles. The molecule has 1 aromatic carbocycles. The van der Waals surface area contributed by atoms with Crippen molar-refractivity contribution < 1.29 is 4.52 Å². The van der Waals surface area contributed by atoms with E-state index in [1.165, 1.54) is 19.3 Å². The fraction of sp³-hybridized carbons (Fsp3) is 0.467. The van der Waals surface area contributed by atoms with E-state index in [2.05, 4.69) is 15.5 Å². The first-order chi connectivity index (χ1) is 9.42. The van der Waals surface area contributed by atoms with Crippen LogP contribution in [-0.4, -0.2) is 23.2 Å². The number of rotatable bonds is 3. The summed E-state index contributed by atoms with van der Waals surface area (Å²) in [4.78, 5) is 4.51. The number of hydrogen-bond donors (Lipinski definition) is 1. The molecular formula is C15H19N3O. The van der Waals surface area contributed by atoms with E-state index in [1.807, 2.05) is 30.3 Å². The van der Waals surface area contributed by atoms with Crippen LogP contribution in [-0.2, 0) is 6.42 Å². The van der Waals surface area contributed by atoms with Crippen LogP contribution in [0.2, 0.25) is 0 Å². The van der Waals surface area contributed by atoms with Gasteiger partial charge in [-0.15, -0.1) is 0 Å². The van der Waals surface area contributed by atoms with Crippen molar-refractivity contribution in [2.75, 3.05) is 13.1 Å². The van der Waals surface area contributed by atoms with Crippen molar-refractivity contribution in [3.63, 3.8) is 0 Å². The Hall–Kier alpha value is -1.68. The Morgan fingerprint density at radius 3 is 2.95 bits per heavy atom. The molecule has 1 unspecified atom stereocenters. The van der Waals surface area contributed by atoms with Gasteiger partial charge in [-0.25, -0.2) is 0 Å². The lowest BCUT2D eigenvalue weighted by molar-refractivity contribution is 0.341. The van der Waals surface area contributed by atoms with Gasteiger partial charge < -0.3 is 9.84 Å². The predicted molar refractivity (Wildman–Crippen MR) is 73.6 cm³/mol. The summed E-state index contributed by atoms with van der Waals surface area (Å²) in [5.41, 5.74) is 1.01. The summed E-state index contributed by atoms with van der Waals surface area (Å²) < 4.78 is 5.38. The molecule has 3 rings (SSSR count). The first-order valence-corrected chi connectivity index (χ1v) is 7.00. The minimum absolute atomic E-state index is 0.666. The summed E-state index contributed by atoms with van der Waals surface area (Å²) in [6.07, 6.45) is 4.59. The van der Waals surface area contributed by atoms with E-state index in [-0.39, 0.29) is 0 Å². The van der Waals surface area contributed by atoms with Crippen LogP contribution in [0.1, 0.15) is 25.2 Å². The highest BCUT2D eigenvalue weighted by Gasteiger charge is 2.16. The summed E-state index contributed by atoms with van der Waals surface area (Å²) >= 11 is 0. The molecule has 1 fully saturated rings. The molecule has 0 amide bonds. The molecule has 1 saturated heterocycles. The molecule has 1 atom stereocenters. The first-order valence-electron chi connectivity index (χ1n) is 7.00. The fourth-order valence-electron chi connectivity index (χ4n) is 2.58. The van der Waals surface area contributed by atoms with Gasteiger partial charge in [0, 0.05) is 12.0 Å². The Kier molecular flexibility index (Phi) is 3.89. The van der Waals surface area contributed by atoms with Crippen molar-refractivity contribution >= 4 is 0 Å². The van der Waals surface area contributed by atoms with Crippen LogP contribution >= 0.6 is 0 Å². The van der Waals surface area contributed by atoms with Crippen LogP contribution in [0.15, 0.2) is 34.9 Å². The van der Waals surface area contributed by atoms with Gasteiger partial charge in [-0.2, -0.15) is 4.98 Å². The standard InChI is InChI=1S/C15H19N3O/c1-2-6-13(7-3-1)15-17-14(19-18-15)11-12-5-4-9-16-10-8-12/h1-3,6-7,12,16H,4-5,8-11H2. The lowest BCUT2D eigenvalue weighted by Crippen LogP contribution is -2.14. The second kappa shape index (κ2) is 5.97. The van der Waals surface area contributed by atoms with Crippen molar-refractivity contribution in [1.29, 1.82) is 0 Å². The molecule has 4 nitrogen and oxygen atoms in total. The minimum atomic E-state index is 0.666. The van der Waals surface area contributed by atoms with Crippen molar-refractivity contribution in [1.82, 2.24) is 15.5 Å². The number of hydrogen-bond acceptors (Lipinski definition) is 4. The second-order valence-electron chi connectivity index (χ2n) is 5.13. The average molecular weight is 257 g/mol. The highest BCUT2D eigenvalue weighted by molar-refractivity contribution is 5.53. The van der Waals surface area contributed by atoms with Gasteiger partial charge in [-0.1, -0.05) is 35.5 Å². The van der Waals surface area contributed by atoms with Crippen molar-refractivity contribution in [2.45, 2.75) is 25.7 Å². The number of aromatic nitrogens is 2. The Balaban J connectivity index is 1.68. The van der Waals surface area contributed by atoms with Crippen molar-refractivity contribution in [2.24, 2.45) is 5.92 Å². The summed E-state index contributed by atoms with van der Waals surface area (Å²) in [5.74, 6) is 2.13. The zero-order valence-electron chi connectivity index (χ0n) is 11.0. The minimum Gasteiger partial charge on any atom is -0.339 e. The quantitative estimate of drug-likeness (QED) is 0.918. The van der Waals surface area contributed by atoms with Crippen LogP contribution in [0.3, 0.4) is 0 Å². The Morgan fingerprint density at radius 2 is 2.05 bits per heavy atom. The van der Waals surface area contributed by atoms with Gasteiger partial charge >= 0.3 is 0 Å². The molecule has 1 N–H and O–H groups in total. The zero-order valence-corrected chi connectivity index (χ0v) is 11.0. The molecule has 0 radical (unpaired) electrons. The van der Waals surface area contributed by atoms with E-state index in [4.69, 9.17) is 4.52 Å². The lowest BCUT2D eigenvalue weighted by Gasteiger charge is -2.09. The average Bonchev–Trinajstić information content (AvgIpc) is 2.76. The van der Waals surface area contributed by atoms with Gasteiger partial charge in [-0.05, 0) is 38.3 Å². The van der Waals surface area contributed by atoms with Crippen LogP contribution in [0.5, 0.6) is 0 Å². The Morgan fingerprint density at radius 1 is 1.16 bits per heavy atom. The van der Waals surface area contributed by atoms with E-state index in [1.54, 1.807) is 0 Å². The molecule has 4 heteroatoms. The SMILES string of the molecule is c1ccc(-c2noc(CC3CCCNCC3)n2)cc1. The maximum atomic E-state index is 5.38. The normalized spacial score (nSPS) is 20.1. The Labute approximate surface area is 113 Å². The maximum absolute atomic E-state index is 5.38. The summed E-state index contributed by atoms with van der Waals surface area (Å²) in [5, 5.41) is 7.50. The second-order valence-corrected chi connectivity index (χ2v) is 5.13. The van der Waals surface area contributed by atoms with Gasteiger partial charge in [0.25, 0.3) is 0 Å². The highest BCUT2D eigenvalue weighted by Crippen LogP contribution is 2.20. The van der Waals surface area contributed by atoms with Crippen LogP contribution in [0.25, 0.3) is 11.4 Å². The number of benzene rings is 1. The molecule has 0 spiro atoms. The number of nitrogens with one attached hydrogen (secondary N) is 1. The predicted octanol–water partition coefficient (Wildman–Crippen LogP) is 2.67. The lowest BCUT2D eigenvalue weighted by atomic mass is 9.97. The molecule has 2 heterocycles. The third-order valence-electron chi connectivity index (χ3n) is 3.66. The van der Waals surface area contributed by atoms with Crippen LogP contribution < -0.4 is 5.32 Å². The van der Waals surface area contributed by atoms with Gasteiger partial charge in [-0.3, -0.25) is 0 Å². The third-order valence-corrected chi connectivity index (χ3v) is 3.66. The number of nitrogens with zero attached hydrogens (tertiary/aromatic N) is 2. The maximum Gasteiger partial charge on any atom is 0.227 e. The van der Waals surface area contributed by atoms with Gasteiger partial charge in [0.1, 0.15) is 0 Å². The van der Waals surface area contributed by atoms with Crippen LogP contribution in [0, 0.1) is 5.92 Å². The van der Waals surface area contributed by atoms with E-state index in [0.29, 0.717) is 11.7 Å². The molecule has 19 heavy (non-hydrogen) atoms. The first kappa shape index (κ1) is 12.4. The van der Waals surface area contributed by atoms with Crippen molar-refractivity contribution in [3.8, 4) is 11.4 Å². The van der Waals surface area contributed by atoms with E-state index >= 15 is 0 Å². The third kappa shape index (κ3) is 3.20. The van der Waals surface area contributed by atoms with Crippen LogP contribution in [0.4, 0.5) is 0 Å². The van der Waals surface area contributed by atoms with Crippen molar-refractivity contribution in [3.05, 3.63) is 36.2 Å². The summed E-state index contributed by atoms with van der Waals surface area (Å²) in [6, 6.07) is 9.97.